The van der Waals surface area contributed by atoms with E-state index < -0.39 is 0 Å². The lowest BCUT2D eigenvalue weighted by atomic mass is 10.2. The lowest BCUT2D eigenvalue weighted by Crippen LogP contribution is -2.50. The molecule has 1 aliphatic heterocycles. The van der Waals surface area contributed by atoms with Crippen molar-refractivity contribution in [3.63, 3.8) is 0 Å². The summed E-state index contributed by atoms with van der Waals surface area (Å²) >= 11 is 0. The van der Waals surface area contributed by atoms with Crippen LogP contribution in [0.1, 0.15) is 1.43 Å². The molecule has 0 saturated carbocycles. The second-order valence-corrected chi connectivity index (χ2v) is 6.12. The Bertz CT molecular complexity index is 926. The highest BCUT2D eigenvalue weighted by Crippen LogP contribution is 2.29. The number of ether oxygens (including phenoxy) is 2. The van der Waals surface area contributed by atoms with Crippen molar-refractivity contribution in [3.05, 3.63) is 35.8 Å². The molecule has 2 amide bonds. The van der Waals surface area contributed by atoms with Crippen LogP contribution in [0.4, 0.5) is 16.3 Å². The number of urea groups is 1. The molecule has 3 N–H and O–H groups in total. The highest BCUT2D eigenvalue weighted by molar-refractivity contribution is 5.91. The number of aromatic nitrogens is 2. The number of hydrogen-bond donors (Lipinski definition) is 3. The Morgan fingerprint density at radius 2 is 1.93 bits per heavy atom. The van der Waals surface area contributed by atoms with Crippen molar-refractivity contribution >= 4 is 23.9 Å². The van der Waals surface area contributed by atoms with E-state index in [4.69, 9.17) is 20.3 Å². The maximum absolute atomic E-state index is 12.6. The third-order valence-electron chi connectivity index (χ3n) is 4.51. The van der Waals surface area contributed by atoms with E-state index in [-0.39, 0.29) is 12.9 Å². The van der Waals surface area contributed by atoms with E-state index in [2.05, 4.69) is 10.4 Å². The molecule has 10 heteroatoms. The Kier molecular flexibility index (Phi) is 5.78. The summed E-state index contributed by atoms with van der Waals surface area (Å²) in [6.07, 6.45) is 0.997. The Hall–Kier alpha value is -3.56. The van der Waals surface area contributed by atoms with Gasteiger partial charge in [0.25, 0.3) is 0 Å². The topological polar surface area (TPSA) is 120 Å². The van der Waals surface area contributed by atoms with Crippen LogP contribution in [0.5, 0.6) is 11.5 Å². The minimum Gasteiger partial charge on any atom is -0.497 e. The summed E-state index contributed by atoms with van der Waals surface area (Å²) in [5.41, 5.74) is 0.693. The molecule has 1 saturated heterocycles. The number of piperazine rings is 1. The SMILES string of the molecule is COc1ccc(OC)c(NC(=O)N2CCN(c3ccc(=N)n(C=N)n3)CC2)c1.[HH]. The van der Waals surface area contributed by atoms with Crippen LogP contribution in [-0.2, 0) is 0 Å². The van der Waals surface area contributed by atoms with Crippen molar-refractivity contribution < 1.29 is 15.7 Å². The van der Waals surface area contributed by atoms with Gasteiger partial charge in [-0.25, -0.2) is 9.48 Å². The van der Waals surface area contributed by atoms with E-state index in [0.29, 0.717) is 49.2 Å². The van der Waals surface area contributed by atoms with Gasteiger partial charge < -0.3 is 24.6 Å². The zero-order valence-electron chi connectivity index (χ0n) is 15.8. The zero-order valence-corrected chi connectivity index (χ0v) is 15.8. The van der Waals surface area contributed by atoms with Crippen LogP contribution in [-0.4, -0.2) is 67.4 Å². The molecule has 0 aliphatic carbocycles. The number of amides is 2. The van der Waals surface area contributed by atoms with E-state index in [0.717, 1.165) is 6.34 Å². The minimum absolute atomic E-state index is 0. The molecule has 28 heavy (non-hydrogen) atoms. The standard InChI is InChI=1S/C18H23N7O3.H2/c1-27-13-3-4-15(28-2)14(11-13)21-18(26)24-9-7-23(8-10-24)17-6-5-16(20)25(12-19)22-17;/h3-6,11-12,19-20H,7-10H2,1-2H3,(H,21,26);1H. The van der Waals surface area contributed by atoms with E-state index in [1.165, 1.54) is 4.68 Å². The van der Waals surface area contributed by atoms with E-state index in [1.54, 1.807) is 49.5 Å². The third kappa shape index (κ3) is 4.05. The lowest BCUT2D eigenvalue weighted by Gasteiger charge is -2.35. The predicted molar refractivity (Wildman–Crippen MR) is 107 cm³/mol. The highest BCUT2D eigenvalue weighted by atomic mass is 16.5. The number of nitrogens with one attached hydrogen (secondary N) is 3. The third-order valence-corrected chi connectivity index (χ3v) is 4.51. The summed E-state index contributed by atoms with van der Waals surface area (Å²) in [6.45, 7) is 2.25. The van der Waals surface area contributed by atoms with Crippen molar-refractivity contribution in [2.24, 2.45) is 0 Å². The lowest BCUT2D eigenvalue weighted by molar-refractivity contribution is 0.208. The second kappa shape index (κ2) is 8.42. The fourth-order valence-electron chi connectivity index (χ4n) is 2.94. The summed E-state index contributed by atoms with van der Waals surface area (Å²) < 4.78 is 11.7. The van der Waals surface area contributed by atoms with Gasteiger partial charge in [0.05, 0.1) is 19.9 Å². The molecular weight excluding hydrogens is 362 g/mol. The maximum Gasteiger partial charge on any atom is 0.322 e. The van der Waals surface area contributed by atoms with Crippen molar-refractivity contribution in [3.8, 4) is 11.5 Å². The molecule has 0 spiro atoms. The molecule has 0 radical (unpaired) electrons. The summed E-state index contributed by atoms with van der Waals surface area (Å²) in [4.78, 5) is 16.4. The highest BCUT2D eigenvalue weighted by Gasteiger charge is 2.23. The normalized spacial score (nSPS) is 13.8. The predicted octanol–water partition coefficient (Wildman–Crippen LogP) is 1.44. The molecule has 0 bridgehead atoms. The number of benzene rings is 1. The molecule has 1 fully saturated rings. The number of anilines is 2. The Morgan fingerprint density at radius 3 is 2.57 bits per heavy atom. The average Bonchev–Trinajstić information content (AvgIpc) is 2.74. The van der Waals surface area contributed by atoms with Crippen molar-refractivity contribution in [2.45, 2.75) is 0 Å². The number of methoxy groups -OCH3 is 2. The second-order valence-electron chi connectivity index (χ2n) is 6.12. The molecule has 10 nitrogen and oxygen atoms in total. The number of nitrogens with zero attached hydrogens (tertiary/aromatic N) is 4. The van der Waals surface area contributed by atoms with E-state index in [1.807, 2.05) is 4.90 Å². The first-order chi connectivity index (χ1) is 13.5. The van der Waals surface area contributed by atoms with Gasteiger partial charge in [0, 0.05) is 33.7 Å². The molecule has 2 heterocycles. The van der Waals surface area contributed by atoms with Crippen LogP contribution in [0.3, 0.4) is 0 Å². The summed E-state index contributed by atoms with van der Waals surface area (Å²) in [6, 6.07) is 8.36. The van der Waals surface area contributed by atoms with Gasteiger partial charge in [-0.1, -0.05) is 0 Å². The first-order valence-electron chi connectivity index (χ1n) is 8.73. The molecule has 1 aromatic heterocycles. The monoisotopic (exact) mass is 387 g/mol. The summed E-state index contributed by atoms with van der Waals surface area (Å²) in [5, 5.41) is 22.1. The van der Waals surface area contributed by atoms with Gasteiger partial charge in [0.15, 0.2) is 0 Å². The molecule has 2 aromatic rings. The number of hydrogen-bond acceptors (Lipinski definition) is 7. The van der Waals surface area contributed by atoms with Gasteiger partial charge in [0.2, 0.25) is 0 Å². The molecule has 1 aromatic carbocycles. The average molecular weight is 387 g/mol. The summed E-state index contributed by atoms with van der Waals surface area (Å²) in [5.74, 6) is 1.86. The van der Waals surface area contributed by atoms with Gasteiger partial charge in [-0.05, 0) is 24.3 Å². The van der Waals surface area contributed by atoms with Crippen molar-refractivity contribution in [1.29, 1.82) is 10.8 Å². The Morgan fingerprint density at radius 1 is 1.18 bits per heavy atom. The minimum atomic E-state index is -0.213. The van der Waals surface area contributed by atoms with Gasteiger partial charge in [0.1, 0.15) is 29.1 Å². The van der Waals surface area contributed by atoms with Crippen LogP contribution in [0, 0.1) is 10.8 Å². The van der Waals surface area contributed by atoms with Crippen molar-refractivity contribution in [2.75, 3.05) is 50.6 Å². The van der Waals surface area contributed by atoms with Gasteiger partial charge in [-0.3, -0.25) is 10.8 Å². The largest absolute Gasteiger partial charge is 0.497 e. The van der Waals surface area contributed by atoms with Crippen LogP contribution < -0.4 is 25.2 Å². The molecule has 0 atom stereocenters. The molecule has 3 rings (SSSR count). The van der Waals surface area contributed by atoms with E-state index in [9.17, 15) is 4.79 Å². The molecule has 1 aliphatic rings. The number of carbonyl (C=O) groups excluding carboxylic acids is 1. The maximum atomic E-state index is 12.6. The van der Waals surface area contributed by atoms with Gasteiger partial charge in [-0.15, -0.1) is 5.10 Å². The summed E-state index contributed by atoms with van der Waals surface area (Å²) in [7, 11) is 3.11. The van der Waals surface area contributed by atoms with Gasteiger partial charge >= 0.3 is 6.03 Å². The van der Waals surface area contributed by atoms with Crippen LogP contribution in [0.2, 0.25) is 0 Å². The van der Waals surface area contributed by atoms with E-state index >= 15 is 0 Å². The number of rotatable bonds is 5. The Labute approximate surface area is 163 Å². The fraction of sp³-hybridized carbons (Fsp3) is 0.333. The smallest absolute Gasteiger partial charge is 0.322 e. The van der Waals surface area contributed by atoms with Crippen LogP contribution in [0.15, 0.2) is 30.3 Å². The zero-order chi connectivity index (χ0) is 20.1. The Balaban J connectivity index is 0.00000300. The fourth-order valence-corrected chi connectivity index (χ4v) is 2.94. The van der Waals surface area contributed by atoms with Crippen LogP contribution >= 0.6 is 0 Å². The molecule has 0 unspecified atom stereocenters. The first-order valence-corrected chi connectivity index (χ1v) is 8.73. The van der Waals surface area contributed by atoms with Crippen molar-refractivity contribution in [1.82, 2.24) is 14.7 Å². The quantitative estimate of drug-likeness (QED) is 0.530. The molecule has 150 valence electrons. The van der Waals surface area contributed by atoms with Gasteiger partial charge in [-0.2, -0.15) is 0 Å². The van der Waals surface area contributed by atoms with Crippen LogP contribution in [0.25, 0.3) is 0 Å². The number of carbonyl (C=O) groups is 1. The first kappa shape index (κ1) is 19.2. The molecular formula is C18H25N7O3.